The average Bonchev–Trinajstić information content (AvgIpc) is 3.26. The van der Waals surface area contributed by atoms with Crippen molar-refractivity contribution in [2.75, 3.05) is 103 Å². The molecule has 0 saturated carbocycles. The van der Waals surface area contributed by atoms with E-state index in [9.17, 15) is 9.59 Å². The van der Waals surface area contributed by atoms with Crippen LogP contribution in [0.25, 0.3) is 43.6 Å². The van der Waals surface area contributed by atoms with Gasteiger partial charge < -0.3 is 30.7 Å². The molecule has 8 rings (SSSR count). The summed E-state index contributed by atoms with van der Waals surface area (Å²) < 4.78 is 10.9. The van der Waals surface area contributed by atoms with Crippen LogP contribution in [-0.4, -0.2) is 123 Å². The zero-order chi connectivity index (χ0) is 39.5. The minimum atomic E-state index is -0.102. The van der Waals surface area contributed by atoms with Gasteiger partial charge in [-0.25, -0.2) is 9.97 Å². The zero-order valence-corrected chi connectivity index (χ0v) is 33.2. The van der Waals surface area contributed by atoms with Crippen LogP contribution in [0.5, 0.6) is 0 Å². The lowest BCUT2D eigenvalue weighted by molar-refractivity contribution is 0.0382. The molecule has 0 unspecified atom stereocenters. The summed E-state index contributed by atoms with van der Waals surface area (Å²) in [5.74, 6) is -0.204. The van der Waals surface area contributed by atoms with E-state index in [0.29, 0.717) is 35.2 Å². The molecule has 12 nitrogen and oxygen atoms in total. The van der Waals surface area contributed by atoms with Crippen molar-refractivity contribution >= 4 is 66.8 Å². The highest BCUT2D eigenvalue weighted by Crippen LogP contribution is 2.34. The van der Waals surface area contributed by atoms with Gasteiger partial charge in [0.15, 0.2) is 0 Å². The van der Waals surface area contributed by atoms with E-state index in [4.69, 9.17) is 19.4 Å². The third-order valence-electron chi connectivity index (χ3n) is 11.3. The molecule has 2 aromatic heterocycles. The Bertz CT molecular complexity index is 2190. The van der Waals surface area contributed by atoms with E-state index in [2.05, 4.69) is 55.3 Å². The molecule has 0 bridgehead atoms. The third-order valence-corrected chi connectivity index (χ3v) is 11.3. The molecule has 0 radical (unpaired) electrons. The predicted molar refractivity (Wildman–Crippen MR) is 233 cm³/mol. The first-order valence-electron chi connectivity index (χ1n) is 20.9. The molecule has 0 spiro atoms. The van der Waals surface area contributed by atoms with Crippen LogP contribution in [0.1, 0.15) is 46.4 Å². The number of carbonyl (C=O) groups excluding carboxylic acids is 2. The van der Waals surface area contributed by atoms with Gasteiger partial charge in [-0.3, -0.25) is 19.4 Å². The van der Waals surface area contributed by atoms with Gasteiger partial charge in [-0.1, -0.05) is 73.5 Å². The summed E-state index contributed by atoms with van der Waals surface area (Å²) in [5.41, 5.74) is 6.38. The third kappa shape index (κ3) is 9.32. The molecule has 2 aliphatic heterocycles. The highest BCUT2D eigenvalue weighted by atomic mass is 16.5. The van der Waals surface area contributed by atoms with Gasteiger partial charge in [0.2, 0.25) is 0 Å². The van der Waals surface area contributed by atoms with E-state index in [1.165, 1.54) is 0 Å². The van der Waals surface area contributed by atoms with Gasteiger partial charge in [-0.2, -0.15) is 0 Å². The molecular formula is C46H54N8O4. The number of hydrogen-bond donors (Lipinski definition) is 4. The quantitative estimate of drug-likeness (QED) is 0.0618. The molecule has 58 heavy (non-hydrogen) atoms. The maximum Gasteiger partial charge on any atom is 0.253 e. The van der Waals surface area contributed by atoms with Crippen molar-refractivity contribution in [1.29, 1.82) is 0 Å². The Balaban J connectivity index is 0.869. The lowest BCUT2D eigenvalue weighted by atomic mass is 10.0. The molecule has 4 aromatic carbocycles. The molecule has 2 fully saturated rings. The summed E-state index contributed by atoms with van der Waals surface area (Å²) in [5, 5.41) is 17.7. The van der Waals surface area contributed by atoms with Crippen molar-refractivity contribution in [2.24, 2.45) is 0 Å². The highest BCUT2D eigenvalue weighted by Gasteiger charge is 2.19. The Hall–Kier alpha value is -5.40. The fourth-order valence-electron chi connectivity index (χ4n) is 8.10. The first-order chi connectivity index (χ1) is 28.6. The van der Waals surface area contributed by atoms with Gasteiger partial charge in [0.25, 0.3) is 11.8 Å². The first-order valence-corrected chi connectivity index (χ1v) is 20.9. The Morgan fingerprint density at radius 3 is 1.36 bits per heavy atom. The smallest absolute Gasteiger partial charge is 0.253 e. The van der Waals surface area contributed by atoms with Crippen molar-refractivity contribution in [3.05, 3.63) is 96.1 Å². The standard InChI is InChI=1S/C46H54N8O4/c55-45(49-21-23-53-25-29-57-30-26-53)37-15-9-13-35-41(33-11-3-5-17-39(33)51-43(35)37)47-19-7-1-2-8-20-48-42-34-12-4-6-18-40(34)52-44-36(42)14-10-16-38(44)46(56)50-22-24-54-27-31-58-32-28-54/h3-6,9-18H,1-2,7-8,19-32H2,(H,47,51)(H,48,52)(H,49,55)(H,50,56). The summed E-state index contributed by atoms with van der Waals surface area (Å²) >= 11 is 0. The topological polar surface area (TPSA) is 133 Å². The Labute approximate surface area is 339 Å². The first kappa shape index (κ1) is 39.4. The number of benzene rings is 4. The molecular weight excluding hydrogens is 729 g/mol. The predicted octanol–water partition coefficient (Wildman–Crippen LogP) is 6.30. The Morgan fingerprint density at radius 2 is 0.914 bits per heavy atom. The van der Waals surface area contributed by atoms with Crippen LogP contribution in [0.2, 0.25) is 0 Å². The van der Waals surface area contributed by atoms with Crippen LogP contribution < -0.4 is 21.3 Å². The number of nitrogens with zero attached hydrogens (tertiary/aromatic N) is 4. The van der Waals surface area contributed by atoms with Gasteiger partial charge >= 0.3 is 0 Å². The number of carbonyl (C=O) groups is 2. The van der Waals surface area contributed by atoms with E-state index in [0.717, 1.165) is 148 Å². The van der Waals surface area contributed by atoms with E-state index < -0.39 is 0 Å². The maximum atomic E-state index is 13.4. The number of para-hydroxylation sites is 4. The van der Waals surface area contributed by atoms with Crippen LogP contribution in [0.4, 0.5) is 11.4 Å². The number of rotatable bonds is 17. The van der Waals surface area contributed by atoms with Gasteiger partial charge in [0.05, 0.1) is 71.0 Å². The second-order valence-electron chi connectivity index (χ2n) is 15.1. The number of morpholine rings is 2. The number of amides is 2. The van der Waals surface area contributed by atoms with Crippen molar-refractivity contribution in [1.82, 2.24) is 30.4 Å². The summed E-state index contributed by atoms with van der Waals surface area (Å²) in [6, 6.07) is 28.0. The van der Waals surface area contributed by atoms with Crippen LogP contribution in [0.3, 0.4) is 0 Å². The van der Waals surface area contributed by atoms with Gasteiger partial charge in [-0.05, 0) is 37.1 Å². The minimum absolute atomic E-state index is 0.102. The second-order valence-corrected chi connectivity index (χ2v) is 15.1. The molecule has 2 amide bonds. The van der Waals surface area contributed by atoms with Crippen molar-refractivity contribution < 1.29 is 19.1 Å². The summed E-state index contributed by atoms with van der Waals surface area (Å²) in [6.45, 7) is 10.9. The average molecular weight is 783 g/mol. The minimum Gasteiger partial charge on any atom is -0.384 e. The lowest BCUT2D eigenvalue weighted by Crippen LogP contribution is -2.41. The van der Waals surface area contributed by atoms with E-state index in [1.807, 2.05) is 60.7 Å². The number of pyridine rings is 2. The van der Waals surface area contributed by atoms with E-state index in [1.54, 1.807) is 0 Å². The Kier molecular flexibility index (Phi) is 13.2. The van der Waals surface area contributed by atoms with Crippen molar-refractivity contribution in [3.8, 4) is 0 Å². The lowest BCUT2D eigenvalue weighted by Gasteiger charge is -2.26. The molecule has 2 aliphatic rings. The molecule has 0 aliphatic carbocycles. The SMILES string of the molecule is O=C(NCCN1CCOCC1)c1cccc2c(NCCCCCCNc3c4ccccc4nc4c(C(=O)NCCN5CCOCC5)cccc34)c3ccccc3nc12. The molecule has 302 valence electrons. The molecule has 12 heteroatoms. The molecule has 4 N–H and O–H groups in total. The summed E-state index contributed by atoms with van der Waals surface area (Å²) in [6.07, 6.45) is 4.15. The highest BCUT2D eigenvalue weighted by molar-refractivity contribution is 6.15. The summed E-state index contributed by atoms with van der Waals surface area (Å²) in [4.78, 5) is 41.4. The molecule has 4 heterocycles. The van der Waals surface area contributed by atoms with Crippen molar-refractivity contribution in [2.45, 2.75) is 25.7 Å². The summed E-state index contributed by atoms with van der Waals surface area (Å²) in [7, 11) is 0. The number of fused-ring (bicyclic) bond motifs is 4. The van der Waals surface area contributed by atoms with Gasteiger partial charge in [0, 0.05) is 87.0 Å². The number of unbranched alkanes of at least 4 members (excludes halogenated alkanes) is 3. The second kappa shape index (κ2) is 19.4. The van der Waals surface area contributed by atoms with E-state index >= 15 is 0 Å². The normalized spacial score (nSPS) is 15.2. The number of ether oxygens (including phenoxy) is 2. The van der Waals surface area contributed by atoms with Crippen LogP contribution in [0.15, 0.2) is 84.9 Å². The number of hydrogen-bond acceptors (Lipinski definition) is 10. The van der Waals surface area contributed by atoms with Gasteiger partial charge in [0.1, 0.15) is 0 Å². The van der Waals surface area contributed by atoms with Crippen LogP contribution >= 0.6 is 0 Å². The fourth-order valence-corrected chi connectivity index (χ4v) is 8.10. The maximum absolute atomic E-state index is 13.4. The monoisotopic (exact) mass is 782 g/mol. The van der Waals surface area contributed by atoms with Crippen molar-refractivity contribution in [3.63, 3.8) is 0 Å². The number of anilines is 2. The number of nitrogens with one attached hydrogen (secondary N) is 4. The number of aromatic nitrogens is 2. The Morgan fingerprint density at radius 1 is 0.500 bits per heavy atom. The van der Waals surface area contributed by atoms with Crippen LogP contribution in [-0.2, 0) is 9.47 Å². The largest absolute Gasteiger partial charge is 0.384 e. The van der Waals surface area contributed by atoms with Gasteiger partial charge in [-0.15, -0.1) is 0 Å². The molecule has 6 aromatic rings. The molecule has 0 atom stereocenters. The fraction of sp³-hybridized carbons (Fsp3) is 0.391. The molecule has 2 saturated heterocycles. The van der Waals surface area contributed by atoms with E-state index in [-0.39, 0.29) is 11.8 Å². The zero-order valence-electron chi connectivity index (χ0n) is 33.2. The van der Waals surface area contributed by atoms with Crippen LogP contribution in [0, 0.1) is 0 Å².